The molecule has 2 bridgehead atoms. The van der Waals surface area contributed by atoms with E-state index >= 15 is 0 Å². The van der Waals surface area contributed by atoms with Crippen molar-refractivity contribution in [1.82, 2.24) is 4.90 Å². The Labute approximate surface area is 157 Å². The fourth-order valence-corrected chi connectivity index (χ4v) is 4.12. The molecule has 25 heavy (non-hydrogen) atoms. The fraction of sp³-hybridized carbons (Fsp3) is 0.500. The maximum Gasteiger partial charge on any atom is 0.335 e. The molecule has 7 heteroatoms. The van der Waals surface area contributed by atoms with Gasteiger partial charge in [0, 0.05) is 13.2 Å². The number of nitrogens with zero attached hydrogens (tertiary/aromatic N) is 1. The lowest BCUT2D eigenvalue weighted by atomic mass is 9.88. The van der Waals surface area contributed by atoms with Crippen LogP contribution in [0.5, 0.6) is 0 Å². The van der Waals surface area contributed by atoms with E-state index in [-0.39, 0.29) is 30.9 Å². The van der Waals surface area contributed by atoms with Crippen molar-refractivity contribution in [1.29, 1.82) is 0 Å². The SMILES string of the molecule is COCOC1CC2CC(c3ccc(Cl)c(Cl)c3)=C(C(=O)OC)C1N2C. The summed E-state index contributed by atoms with van der Waals surface area (Å²) in [5, 5.41) is 0.956. The van der Waals surface area contributed by atoms with Crippen LogP contribution in [0, 0.1) is 0 Å². The second-order valence-corrected chi connectivity index (χ2v) is 7.14. The minimum atomic E-state index is -0.343. The molecule has 136 valence electrons. The number of ether oxygens (including phenoxy) is 3. The predicted octanol–water partition coefficient (Wildman–Crippen LogP) is 3.39. The van der Waals surface area contributed by atoms with Crippen LogP contribution >= 0.6 is 23.2 Å². The van der Waals surface area contributed by atoms with Gasteiger partial charge in [0.1, 0.15) is 6.79 Å². The number of hydrogen-bond donors (Lipinski definition) is 0. The molecule has 3 unspecified atom stereocenters. The highest BCUT2D eigenvalue weighted by atomic mass is 35.5. The van der Waals surface area contributed by atoms with Crippen LogP contribution in [0.1, 0.15) is 18.4 Å². The van der Waals surface area contributed by atoms with Gasteiger partial charge in [-0.05, 0) is 43.2 Å². The zero-order valence-corrected chi connectivity index (χ0v) is 15.9. The maximum atomic E-state index is 12.6. The number of likely N-dealkylation sites (N-methyl/N-ethyl adjacent to an activating group) is 1. The summed E-state index contributed by atoms with van der Waals surface area (Å²) in [7, 11) is 5.00. The van der Waals surface area contributed by atoms with Crippen LogP contribution in [0.25, 0.3) is 5.57 Å². The molecule has 2 aliphatic rings. The van der Waals surface area contributed by atoms with Crippen molar-refractivity contribution in [2.45, 2.75) is 31.0 Å². The van der Waals surface area contributed by atoms with Crippen LogP contribution in [0.4, 0.5) is 0 Å². The van der Waals surface area contributed by atoms with Gasteiger partial charge in [-0.15, -0.1) is 0 Å². The Kier molecular flexibility index (Phi) is 5.71. The first-order chi connectivity index (χ1) is 12.0. The van der Waals surface area contributed by atoms with Gasteiger partial charge in [-0.3, -0.25) is 4.90 Å². The molecule has 0 saturated carbocycles. The molecule has 1 fully saturated rings. The standard InChI is InChI=1S/C18H21Cl2NO4/c1-21-11-7-12(10-4-5-13(19)14(20)6-10)16(18(22)24-3)17(21)15(8-11)25-9-23-2/h4-6,11,15,17H,7-9H2,1-3H3. The van der Waals surface area contributed by atoms with Crippen LogP contribution in [0.3, 0.4) is 0 Å². The molecule has 0 amide bonds. The van der Waals surface area contributed by atoms with E-state index in [0.29, 0.717) is 15.6 Å². The second-order valence-electron chi connectivity index (χ2n) is 6.33. The average Bonchev–Trinajstić information content (AvgIpc) is 2.80. The van der Waals surface area contributed by atoms with Gasteiger partial charge in [0.05, 0.1) is 34.9 Å². The first kappa shape index (κ1) is 18.7. The second kappa shape index (κ2) is 7.64. The minimum absolute atomic E-state index is 0.121. The van der Waals surface area contributed by atoms with Gasteiger partial charge in [-0.25, -0.2) is 4.79 Å². The van der Waals surface area contributed by atoms with Gasteiger partial charge >= 0.3 is 5.97 Å². The molecule has 0 N–H and O–H groups in total. The van der Waals surface area contributed by atoms with Crippen molar-refractivity contribution < 1.29 is 19.0 Å². The summed E-state index contributed by atoms with van der Waals surface area (Å²) in [5.74, 6) is -0.343. The van der Waals surface area contributed by atoms with Crippen molar-refractivity contribution in [3.63, 3.8) is 0 Å². The molecule has 1 aromatic rings. The van der Waals surface area contributed by atoms with E-state index < -0.39 is 0 Å². The third kappa shape index (κ3) is 3.44. The monoisotopic (exact) mass is 385 g/mol. The number of methoxy groups -OCH3 is 2. The van der Waals surface area contributed by atoms with E-state index in [1.807, 2.05) is 13.1 Å². The number of fused-ring (bicyclic) bond motifs is 2. The summed E-state index contributed by atoms with van der Waals surface area (Å²) in [6.07, 6.45) is 1.43. The maximum absolute atomic E-state index is 12.6. The Morgan fingerprint density at radius 2 is 2.04 bits per heavy atom. The molecule has 2 aliphatic heterocycles. The summed E-state index contributed by atoms with van der Waals surface area (Å²) in [4.78, 5) is 14.8. The summed E-state index contributed by atoms with van der Waals surface area (Å²) in [5.41, 5.74) is 2.46. The molecule has 1 aromatic carbocycles. The van der Waals surface area contributed by atoms with Crippen LogP contribution in [0.2, 0.25) is 10.0 Å². The van der Waals surface area contributed by atoms with Gasteiger partial charge in [-0.1, -0.05) is 29.3 Å². The normalized spacial score (nSPS) is 26.2. The molecule has 3 rings (SSSR count). The summed E-state index contributed by atoms with van der Waals surface area (Å²) < 4.78 is 16.0. The summed E-state index contributed by atoms with van der Waals surface area (Å²) in [6.45, 7) is 0.193. The van der Waals surface area contributed by atoms with E-state index in [0.717, 1.165) is 24.0 Å². The van der Waals surface area contributed by atoms with Crippen LogP contribution in [0.15, 0.2) is 23.8 Å². The molecule has 0 radical (unpaired) electrons. The smallest absolute Gasteiger partial charge is 0.335 e. The largest absolute Gasteiger partial charge is 0.466 e. The lowest BCUT2D eigenvalue weighted by Crippen LogP contribution is -2.44. The van der Waals surface area contributed by atoms with Crippen LogP contribution in [-0.4, -0.2) is 57.1 Å². The topological polar surface area (TPSA) is 48.0 Å². The first-order valence-corrected chi connectivity index (χ1v) is 8.82. The fourth-order valence-electron chi connectivity index (χ4n) is 3.82. The Bertz CT molecular complexity index is 706. The Morgan fingerprint density at radius 3 is 2.68 bits per heavy atom. The Morgan fingerprint density at radius 1 is 1.28 bits per heavy atom. The molecule has 0 aromatic heterocycles. The van der Waals surface area contributed by atoms with Gasteiger partial charge in [0.25, 0.3) is 0 Å². The van der Waals surface area contributed by atoms with Crippen molar-refractivity contribution in [2.24, 2.45) is 0 Å². The van der Waals surface area contributed by atoms with Gasteiger partial charge < -0.3 is 14.2 Å². The van der Waals surface area contributed by atoms with Crippen molar-refractivity contribution >= 4 is 34.7 Å². The lowest BCUT2D eigenvalue weighted by molar-refractivity contribution is -0.138. The quantitative estimate of drug-likeness (QED) is 0.574. The number of carbonyl (C=O) groups excluding carboxylic acids is 1. The predicted molar refractivity (Wildman–Crippen MR) is 96.7 cm³/mol. The number of rotatable bonds is 5. The molecular weight excluding hydrogens is 365 g/mol. The third-order valence-corrected chi connectivity index (χ3v) is 5.74. The molecule has 0 aliphatic carbocycles. The van der Waals surface area contributed by atoms with E-state index in [9.17, 15) is 4.79 Å². The van der Waals surface area contributed by atoms with Crippen molar-refractivity contribution in [3.05, 3.63) is 39.4 Å². The average molecular weight is 386 g/mol. The number of carbonyl (C=O) groups is 1. The highest BCUT2D eigenvalue weighted by Crippen LogP contribution is 2.44. The van der Waals surface area contributed by atoms with Crippen LogP contribution in [-0.2, 0) is 19.0 Å². The number of benzene rings is 1. The van der Waals surface area contributed by atoms with E-state index in [4.69, 9.17) is 37.4 Å². The third-order valence-electron chi connectivity index (χ3n) is 5.01. The van der Waals surface area contributed by atoms with Gasteiger partial charge in [-0.2, -0.15) is 0 Å². The van der Waals surface area contributed by atoms with Crippen molar-refractivity contribution in [3.8, 4) is 0 Å². The van der Waals surface area contributed by atoms with E-state index in [1.165, 1.54) is 7.11 Å². The van der Waals surface area contributed by atoms with Gasteiger partial charge in [0.15, 0.2) is 0 Å². The minimum Gasteiger partial charge on any atom is -0.466 e. The number of esters is 1. The summed E-state index contributed by atoms with van der Waals surface area (Å²) >= 11 is 12.2. The van der Waals surface area contributed by atoms with E-state index in [1.54, 1.807) is 19.2 Å². The highest BCUT2D eigenvalue weighted by Gasteiger charge is 2.49. The zero-order chi connectivity index (χ0) is 18.1. The molecule has 3 atom stereocenters. The van der Waals surface area contributed by atoms with Gasteiger partial charge in [0.2, 0.25) is 0 Å². The van der Waals surface area contributed by atoms with E-state index in [2.05, 4.69) is 4.90 Å². The number of halogens is 2. The Balaban J connectivity index is 2.07. The lowest BCUT2D eigenvalue weighted by Gasteiger charge is -2.35. The van der Waals surface area contributed by atoms with Crippen molar-refractivity contribution in [2.75, 3.05) is 28.1 Å². The first-order valence-electron chi connectivity index (χ1n) is 8.07. The number of hydrogen-bond acceptors (Lipinski definition) is 5. The Hall–Kier alpha value is -1.11. The molecule has 1 saturated heterocycles. The summed E-state index contributed by atoms with van der Waals surface area (Å²) in [6, 6.07) is 5.55. The molecule has 0 spiro atoms. The highest BCUT2D eigenvalue weighted by molar-refractivity contribution is 6.42. The molecule has 5 nitrogen and oxygen atoms in total. The van der Waals surface area contributed by atoms with Crippen LogP contribution < -0.4 is 0 Å². The molecule has 2 heterocycles. The zero-order valence-electron chi connectivity index (χ0n) is 14.4. The molecular formula is C18H21Cl2NO4.